The molecule has 2 aliphatic heterocycles. The third-order valence-corrected chi connectivity index (χ3v) is 4.80. The summed E-state index contributed by atoms with van der Waals surface area (Å²) in [5, 5.41) is 4.64. The van der Waals surface area contributed by atoms with Gasteiger partial charge in [0, 0.05) is 41.7 Å². The largest absolute Gasteiger partial charge is 0.358 e. The van der Waals surface area contributed by atoms with E-state index in [-0.39, 0.29) is 11.9 Å². The molecule has 1 atom stereocenters. The average molecular weight is 283 g/mol. The van der Waals surface area contributed by atoms with E-state index in [1.54, 1.807) is 0 Å². The average Bonchev–Trinajstić information content (AvgIpc) is 2.93. The van der Waals surface area contributed by atoms with Crippen LogP contribution in [0.15, 0.2) is 24.3 Å². The molecule has 21 heavy (non-hydrogen) atoms. The van der Waals surface area contributed by atoms with Crippen LogP contribution in [0.2, 0.25) is 0 Å². The first-order valence-corrected chi connectivity index (χ1v) is 7.93. The molecule has 1 fully saturated rings. The van der Waals surface area contributed by atoms with Gasteiger partial charge in [-0.15, -0.1) is 0 Å². The van der Waals surface area contributed by atoms with Crippen LogP contribution in [0.3, 0.4) is 0 Å². The summed E-state index contributed by atoms with van der Waals surface area (Å²) in [4.78, 5) is 18.2. The van der Waals surface area contributed by atoms with Crippen LogP contribution in [0.4, 0.5) is 0 Å². The molecule has 2 N–H and O–H groups in total. The summed E-state index contributed by atoms with van der Waals surface area (Å²) in [5.74, 6) is 0.283. The van der Waals surface area contributed by atoms with Gasteiger partial charge in [0.15, 0.2) is 0 Å². The van der Waals surface area contributed by atoms with Gasteiger partial charge in [-0.3, -0.25) is 4.79 Å². The van der Waals surface area contributed by atoms with Crippen LogP contribution < -0.4 is 5.32 Å². The van der Waals surface area contributed by atoms with E-state index >= 15 is 0 Å². The monoisotopic (exact) mass is 283 g/mol. The van der Waals surface area contributed by atoms with Gasteiger partial charge >= 0.3 is 0 Å². The van der Waals surface area contributed by atoms with Gasteiger partial charge in [0.1, 0.15) is 0 Å². The van der Waals surface area contributed by atoms with Crippen molar-refractivity contribution in [2.24, 2.45) is 0 Å². The number of benzene rings is 1. The van der Waals surface area contributed by atoms with E-state index in [1.807, 2.05) is 4.90 Å². The van der Waals surface area contributed by atoms with E-state index in [2.05, 4.69) is 34.6 Å². The molecule has 2 aliphatic rings. The van der Waals surface area contributed by atoms with Crippen molar-refractivity contribution in [1.29, 1.82) is 0 Å². The van der Waals surface area contributed by atoms with Gasteiger partial charge in [0.25, 0.3) is 0 Å². The molecule has 0 unspecified atom stereocenters. The molecular formula is C17H21N3O. The van der Waals surface area contributed by atoms with Crippen molar-refractivity contribution in [3.05, 3.63) is 35.5 Å². The Morgan fingerprint density at radius 3 is 3.00 bits per heavy atom. The number of rotatable bonds is 1. The summed E-state index contributed by atoms with van der Waals surface area (Å²) in [7, 11) is 0. The summed E-state index contributed by atoms with van der Waals surface area (Å²) < 4.78 is 0. The van der Waals surface area contributed by atoms with Crippen LogP contribution in [0.25, 0.3) is 10.9 Å². The smallest absolute Gasteiger partial charge is 0.240 e. The van der Waals surface area contributed by atoms with Crippen LogP contribution in [-0.4, -0.2) is 34.9 Å². The lowest BCUT2D eigenvalue weighted by Crippen LogP contribution is -2.49. The van der Waals surface area contributed by atoms with Crippen molar-refractivity contribution < 1.29 is 4.79 Å². The standard InChI is InChI=1S/C17H21N3O/c21-17(16-7-3-4-9-18-16)20-10-8-15-13(11-20)12-5-1-2-6-14(12)19-15/h1-2,5-6,16,18-19H,3-4,7-11H2/t16-/m1/s1. The number of H-pyrrole nitrogens is 1. The van der Waals surface area contributed by atoms with Crippen LogP contribution in [-0.2, 0) is 17.8 Å². The van der Waals surface area contributed by atoms with Crippen LogP contribution in [0.5, 0.6) is 0 Å². The van der Waals surface area contributed by atoms with E-state index in [4.69, 9.17) is 0 Å². The predicted octanol–water partition coefficient (Wildman–Crippen LogP) is 2.19. The van der Waals surface area contributed by atoms with Crippen molar-refractivity contribution >= 4 is 16.8 Å². The normalized spacial score (nSPS) is 22.3. The van der Waals surface area contributed by atoms with Gasteiger partial charge in [-0.25, -0.2) is 0 Å². The maximum atomic E-state index is 12.7. The summed E-state index contributed by atoms with van der Waals surface area (Å²) in [6, 6.07) is 8.42. The first-order valence-electron chi connectivity index (χ1n) is 7.93. The highest BCUT2D eigenvalue weighted by atomic mass is 16.2. The molecule has 3 heterocycles. The molecule has 0 saturated carbocycles. The molecule has 0 aliphatic carbocycles. The fourth-order valence-corrected chi connectivity index (χ4v) is 3.64. The van der Waals surface area contributed by atoms with E-state index in [9.17, 15) is 4.79 Å². The van der Waals surface area contributed by atoms with Crippen molar-refractivity contribution in [1.82, 2.24) is 15.2 Å². The molecule has 4 nitrogen and oxygen atoms in total. The minimum absolute atomic E-state index is 0.0329. The Hall–Kier alpha value is -1.81. The van der Waals surface area contributed by atoms with Crippen molar-refractivity contribution in [2.45, 2.75) is 38.3 Å². The second kappa shape index (κ2) is 5.19. The second-order valence-corrected chi connectivity index (χ2v) is 6.14. The number of carbonyl (C=O) groups is 1. The molecule has 2 aromatic rings. The van der Waals surface area contributed by atoms with Crippen molar-refractivity contribution in [2.75, 3.05) is 13.1 Å². The zero-order chi connectivity index (χ0) is 14.2. The SMILES string of the molecule is O=C([C@H]1CCCCN1)N1CCc2[nH]c3ccccc3c2C1. The van der Waals surface area contributed by atoms with Gasteiger partial charge in [-0.2, -0.15) is 0 Å². The molecule has 1 amide bonds. The molecule has 0 bridgehead atoms. The van der Waals surface area contributed by atoms with Crippen LogP contribution in [0, 0.1) is 0 Å². The Morgan fingerprint density at radius 2 is 2.14 bits per heavy atom. The van der Waals surface area contributed by atoms with Gasteiger partial charge in [0.2, 0.25) is 5.91 Å². The number of hydrogen-bond acceptors (Lipinski definition) is 2. The number of aromatic amines is 1. The maximum absolute atomic E-state index is 12.7. The quantitative estimate of drug-likeness (QED) is 0.843. The zero-order valence-corrected chi connectivity index (χ0v) is 12.2. The molecule has 110 valence electrons. The first kappa shape index (κ1) is 12.9. The maximum Gasteiger partial charge on any atom is 0.240 e. The fraction of sp³-hybridized carbons (Fsp3) is 0.471. The predicted molar refractivity (Wildman–Crippen MR) is 83.1 cm³/mol. The number of hydrogen-bond donors (Lipinski definition) is 2. The highest BCUT2D eigenvalue weighted by Crippen LogP contribution is 2.28. The van der Waals surface area contributed by atoms with Gasteiger partial charge in [0.05, 0.1) is 6.04 Å². The summed E-state index contributed by atoms with van der Waals surface area (Å²) >= 11 is 0. The highest BCUT2D eigenvalue weighted by Gasteiger charge is 2.29. The Balaban J connectivity index is 1.59. The Kier molecular flexibility index (Phi) is 3.19. The summed E-state index contributed by atoms with van der Waals surface area (Å²) in [5.41, 5.74) is 3.80. The third-order valence-electron chi connectivity index (χ3n) is 4.80. The van der Waals surface area contributed by atoms with Gasteiger partial charge in [-0.1, -0.05) is 24.6 Å². The number of aromatic nitrogens is 1. The number of nitrogens with one attached hydrogen (secondary N) is 2. The lowest BCUT2D eigenvalue weighted by atomic mass is 10.0. The molecule has 1 aromatic heterocycles. The molecule has 0 radical (unpaired) electrons. The molecule has 0 spiro atoms. The molecule has 1 saturated heterocycles. The number of carbonyl (C=O) groups excluding carboxylic acids is 1. The lowest BCUT2D eigenvalue weighted by Gasteiger charge is -2.32. The first-order chi connectivity index (χ1) is 10.3. The van der Waals surface area contributed by atoms with E-state index in [0.29, 0.717) is 0 Å². The number of nitrogens with zero attached hydrogens (tertiary/aromatic N) is 1. The van der Waals surface area contributed by atoms with E-state index in [1.165, 1.54) is 28.6 Å². The summed E-state index contributed by atoms with van der Waals surface area (Å²) in [6.45, 7) is 2.55. The Labute approximate surface area is 124 Å². The zero-order valence-electron chi connectivity index (χ0n) is 12.2. The second-order valence-electron chi connectivity index (χ2n) is 6.14. The Morgan fingerprint density at radius 1 is 1.24 bits per heavy atom. The van der Waals surface area contributed by atoms with Crippen LogP contribution in [0.1, 0.15) is 30.5 Å². The topological polar surface area (TPSA) is 48.1 Å². The minimum Gasteiger partial charge on any atom is -0.358 e. The minimum atomic E-state index is 0.0329. The molecule has 1 aromatic carbocycles. The highest BCUT2D eigenvalue weighted by molar-refractivity contribution is 5.87. The number of fused-ring (bicyclic) bond motifs is 3. The van der Waals surface area contributed by atoms with Crippen molar-refractivity contribution in [3.63, 3.8) is 0 Å². The van der Waals surface area contributed by atoms with E-state index < -0.39 is 0 Å². The fourth-order valence-electron chi connectivity index (χ4n) is 3.64. The third kappa shape index (κ3) is 2.23. The summed E-state index contributed by atoms with van der Waals surface area (Å²) in [6.07, 6.45) is 4.27. The molecule has 4 rings (SSSR count). The van der Waals surface area contributed by atoms with Gasteiger partial charge < -0.3 is 15.2 Å². The number of piperidine rings is 1. The molecule has 4 heteroatoms. The van der Waals surface area contributed by atoms with Crippen LogP contribution >= 0.6 is 0 Å². The Bertz CT molecular complexity index is 670. The lowest BCUT2D eigenvalue weighted by molar-refractivity contribution is -0.134. The van der Waals surface area contributed by atoms with Gasteiger partial charge in [-0.05, 0) is 25.5 Å². The van der Waals surface area contributed by atoms with E-state index in [0.717, 1.165) is 38.9 Å². The molecular weight excluding hydrogens is 262 g/mol. The van der Waals surface area contributed by atoms with Crippen molar-refractivity contribution in [3.8, 4) is 0 Å². The number of amides is 1. The number of para-hydroxylation sites is 1.